The number of allylic oxidation sites excluding steroid dienone is 1. The maximum Gasteiger partial charge on any atom is 0.345 e. The zero-order valence-corrected chi connectivity index (χ0v) is 18.6. The molecule has 0 fully saturated rings. The van der Waals surface area contributed by atoms with Crippen LogP contribution < -0.4 is 5.32 Å². The van der Waals surface area contributed by atoms with Gasteiger partial charge in [-0.15, -0.1) is 15.7 Å². The summed E-state index contributed by atoms with van der Waals surface area (Å²) in [5, 5.41) is 4.22. The summed E-state index contributed by atoms with van der Waals surface area (Å²) in [5.41, 5.74) is 1.93. The van der Waals surface area contributed by atoms with Crippen molar-refractivity contribution in [3.63, 3.8) is 0 Å². The fourth-order valence-corrected chi connectivity index (χ4v) is 4.90. The maximum atomic E-state index is 13.4. The van der Waals surface area contributed by atoms with Crippen LogP contribution in [0.15, 0.2) is 58.3 Å². The number of aryl methyl sites for hydroxylation is 1. The van der Waals surface area contributed by atoms with Crippen molar-refractivity contribution in [2.75, 3.05) is 12.4 Å². The highest BCUT2D eigenvalue weighted by Crippen LogP contribution is 2.29. The number of carbonyl (C=O) groups is 1. The number of likely N-dealkylation sites (N-methyl/N-ethyl adjacent to an activating group) is 1. The lowest BCUT2D eigenvalue weighted by Gasteiger charge is -2.23. The molecule has 2 aromatic heterocycles. The highest BCUT2D eigenvalue weighted by atomic mass is 35.5. The molecule has 1 aromatic carbocycles. The number of nitrogens with one attached hydrogen (secondary N) is 1. The van der Waals surface area contributed by atoms with E-state index in [0.717, 1.165) is 21.6 Å². The quantitative estimate of drug-likeness (QED) is 0.619. The lowest BCUT2D eigenvalue weighted by Crippen LogP contribution is -2.35. The molecule has 0 radical (unpaired) electrons. The summed E-state index contributed by atoms with van der Waals surface area (Å²) in [5.74, 6) is -1.34. The summed E-state index contributed by atoms with van der Waals surface area (Å²) >= 11 is 7.04. The Labute approximate surface area is 186 Å². The Morgan fingerprint density at radius 2 is 2.03 bits per heavy atom. The van der Waals surface area contributed by atoms with Gasteiger partial charge in [0.2, 0.25) is 0 Å². The Kier molecular flexibility index (Phi) is 5.42. The molecule has 1 N–H and O–H groups in total. The van der Waals surface area contributed by atoms with E-state index in [-0.39, 0.29) is 22.1 Å². The van der Waals surface area contributed by atoms with Crippen molar-refractivity contribution < 1.29 is 17.6 Å². The number of rotatable bonds is 4. The van der Waals surface area contributed by atoms with Gasteiger partial charge in [-0.05, 0) is 30.3 Å². The number of carbonyl (C=O) groups excluding carboxylic acids is 1. The first kappa shape index (κ1) is 21.2. The Morgan fingerprint density at radius 3 is 2.71 bits per heavy atom. The van der Waals surface area contributed by atoms with Gasteiger partial charge in [-0.3, -0.25) is 4.79 Å². The van der Waals surface area contributed by atoms with Crippen LogP contribution in [-0.4, -0.2) is 40.9 Å². The maximum absolute atomic E-state index is 13.4. The van der Waals surface area contributed by atoms with Crippen molar-refractivity contribution in [3.05, 3.63) is 69.7 Å². The third-order valence-corrected chi connectivity index (χ3v) is 7.11. The van der Waals surface area contributed by atoms with Gasteiger partial charge in [0.05, 0.1) is 33.8 Å². The molecule has 3 heterocycles. The van der Waals surface area contributed by atoms with E-state index in [2.05, 4.69) is 14.7 Å². The Bertz CT molecular complexity index is 1360. The van der Waals surface area contributed by atoms with E-state index in [1.807, 2.05) is 17.0 Å². The number of imidazole rings is 1. The fourth-order valence-electron chi connectivity index (χ4n) is 2.89. The average Bonchev–Trinajstić information content (AvgIpc) is 3.35. The van der Waals surface area contributed by atoms with Crippen molar-refractivity contribution in [3.8, 4) is 11.3 Å². The van der Waals surface area contributed by atoms with Gasteiger partial charge in [0.15, 0.2) is 0 Å². The standard InChI is InChI=1S/C19H15ClFN5O3S2/c1-25-10-22-8-17(25)11-5-18(30-9-11)15-7-16(26(2)31(28,29)24-15)19(27)23-12-3-4-14(21)13(20)6-12/h3-10H,1-2H3,(H,23,27). The molecule has 1 aliphatic heterocycles. The molecule has 0 unspecified atom stereocenters. The summed E-state index contributed by atoms with van der Waals surface area (Å²) in [4.78, 5) is 17.4. The summed E-state index contributed by atoms with van der Waals surface area (Å²) < 4.78 is 44.9. The molecule has 12 heteroatoms. The second kappa shape index (κ2) is 7.91. The van der Waals surface area contributed by atoms with E-state index in [9.17, 15) is 17.6 Å². The average molecular weight is 480 g/mol. The van der Waals surface area contributed by atoms with Crippen LogP contribution in [0.5, 0.6) is 0 Å². The van der Waals surface area contributed by atoms with E-state index < -0.39 is 21.9 Å². The molecule has 1 aliphatic rings. The molecule has 4 rings (SSSR count). The van der Waals surface area contributed by atoms with Gasteiger partial charge in [-0.1, -0.05) is 11.6 Å². The number of benzene rings is 1. The van der Waals surface area contributed by atoms with Crippen molar-refractivity contribution in [2.24, 2.45) is 11.4 Å². The molecule has 0 atom stereocenters. The van der Waals surface area contributed by atoms with E-state index in [1.165, 1.54) is 36.6 Å². The molecule has 0 bridgehead atoms. The fraction of sp³-hybridized carbons (Fsp3) is 0.105. The SMILES string of the molecule is CN1C(C(=O)Nc2ccc(F)c(Cl)c2)=CC(c2cc(-c3cncn3C)cs2)=NS1(=O)=O. The predicted molar refractivity (Wildman–Crippen MR) is 118 cm³/mol. The van der Waals surface area contributed by atoms with Crippen LogP contribution in [0.3, 0.4) is 0 Å². The molecular formula is C19H15ClFN5O3S2. The van der Waals surface area contributed by atoms with Crippen LogP contribution in [0, 0.1) is 5.82 Å². The van der Waals surface area contributed by atoms with Gasteiger partial charge >= 0.3 is 10.2 Å². The normalized spacial score (nSPS) is 15.4. The Hall–Kier alpha value is -3.02. The third kappa shape index (κ3) is 4.11. The molecule has 1 amide bonds. The minimum atomic E-state index is -4.12. The number of aromatic nitrogens is 2. The zero-order chi connectivity index (χ0) is 22.3. The van der Waals surface area contributed by atoms with E-state index >= 15 is 0 Å². The van der Waals surface area contributed by atoms with Gasteiger partial charge in [-0.25, -0.2) is 13.7 Å². The van der Waals surface area contributed by atoms with Crippen LogP contribution in [-0.2, 0) is 22.1 Å². The third-order valence-electron chi connectivity index (χ3n) is 4.55. The summed E-state index contributed by atoms with van der Waals surface area (Å²) in [6, 6.07) is 5.45. The number of thiophene rings is 1. The van der Waals surface area contributed by atoms with Crippen LogP contribution >= 0.6 is 22.9 Å². The van der Waals surface area contributed by atoms with Crippen molar-refractivity contribution >= 4 is 50.5 Å². The molecule has 31 heavy (non-hydrogen) atoms. The first-order valence-electron chi connectivity index (χ1n) is 8.78. The zero-order valence-electron chi connectivity index (χ0n) is 16.2. The van der Waals surface area contributed by atoms with Gasteiger partial charge in [-0.2, -0.15) is 8.42 Å². The molecular weight excluding hydrogens is 465 g/mol. The lowest BCUT2D eigenvalue weighted by molar-refractivity contribution is -0.113. The van der Waals surface area contributed by atoms with Crippen LogP contribution in [0.2, 0.25) is 5.02 Å². The van der Waals surface area contributed by atoms with E-state index in [1.54, 1.807) is 18.6 Å². The molecule has 0 aliphatic carbocycles. The van der Waals surface area contributed by atoms with Gasteiger partial charge < -0.3 is 9.88 Å². The number of hydrogen-bond donors (Lipinski definition) is 1. The first-order chi connectivity index (χ1) is 14.7. The molecule has 8 nitrogen and oxygen atoms in total. The van der Waals surface area contributed by atoms with Gasteiger partial charge in [0.25, 0.3) is 5.91 Å². The largest absolute Gasteiger partial charge is 0.345 e. The highest BCUT2D eigenvalue weighted by Gasteiger charge is 2.30. The smallest absolute Gasteiger partial charge is 0.334 e. The first-order valence-corrected chi connectivity index (χ1v) is 11.4. The van der Waals surface area contributed by atoms with Gasteiger partial charge in [0.1, 0.15) is 11.5 Å². The van der Waals surface area contributed by atoms with Crippen LogP contribution in [0.1, 0.15) is 4.88 Å². The number of hydrogen-bond acceptors (Lipinski definition) is 5. The van der Waals surface area contributed by atoms with E-state index in [4.69, 9.17) is 11.6 Å². The second-order valence-corrected chi connectivity index (χ2v) is 9.57. The van der Waals surface area contributed by atoms with Crippen molar-refractivity contribution in [1.82, 2.24) is 13.9 Å². The van der Waals surface area contributed by atoms with Gasteiger partial charge in [0, 0.05) is 30.7 Å². The molecule has 0 saturated heterocycles. The van der Waals surface area contributed by atoms with Crippen molar-refractivity contribution in [2.45, 2.75) is 0 Å². The summed E-state index contributed by atoms with van der Waals surface area (Å²) in [6.45, 7) is 0. The molecule has 0 spiro atoms. The van der Waals surface area contributed by atoms with E-state index in [0.29, 0.717) is 4.88 Å². The monoisotopic (exact) mass is 479 g/mol. The number of amides is 1. The van der Waals surface area contributed by atoms with Crippen molar-refractivity contribution in [1.29, 1.82) is 0 Å². The Morgan fingerprint density at radius 1 is 1.26 bits per heavy atom. The molecule has 3 aromatic rings. The topological polar surface area (TPSA) is 96.7 Å². The molecule has 160 valence electrons. The van der Waals surface area contributed by atoms with Crippen LogP contribution in [0.25, 0.3) is 11.3 Å². The number of halogens is 2. The predicted octanol–water partition coefficient (Wildman–Crippen LogP) is 3.44. The minimum absolute atomic E-state index is 0.138. The number of anilines is 1. The summed E-state index contributed by atoms with van der Waals surface area (Å²) in [6.07, 6.45) is 4.75. The minimum Gasteiger partial charge on any atom is -0.334 e. The lowest BCUT2D eigenvalue weighted by atomic mass is 10.2. The number of nitrogens with zero attached hydrogens (tertiary/aromatic N) is 4. The summed E-state index contributed by atoms with van der Waals surface area (Å²) in [7, 11) is -1.04. The highest BCUT2D eigenvalue weighted by molar-refractivity contribution is 7.88. The molecule has 0 saturated carbocycles. The second-order valence-electron chi connectivity index (χ2n) is 6.62. The van der Waals surface area contributed by atoms with Crippen LogP contribution in [0.4, 0.5) is 10.1 Å². The Balaban J connectivity index is 1.67.